The van der Waals surface area contributed by atoms with Crippen LogP contribution in [0.3, 0.4) is 0 Å². The Kier molecular flexibility index (Phi) is 3.67. The number of alkyl halides is 3. The van der Waals surface area contributed by atoms with E-state index in [1.54, 1.807) is 6.07 Å². The number of aliphatic carboxylic acids is 1. The average molecular weight is 459 g/mol. The molecule has 1 aromatic carbocycles. The number of carboxylic acid groups (broad SMARTS) is 1. The number of carbonyl (C=O) groups is 2. The second-order valence-electron chi connectivity index (χ2n) is 8.92. The summed E-state index contributed by atoms with van der Waals surface area (Å²) < 4.78 is 69.5. The van der Waals surface area contributed by atoms with E-state index in [0.717, 1.165) is 11.1 Å². The first kappa shape index (κ1) is 17.2. The van der Waals surface area contributed by atoms with Crippen LogP contribution in [0.15, 0.2) is 12.1 Å². The summed E-state index contributed by atoms with van der Waals surface area (Å²) in [6, 6.07) is 3.05. The summed E-state index contributed by atoms with van der Waals surface area (Å²) in [5.41, 5.74) is -0.418. The highest BCUT2D eigenvalue weighted by Gasteiger charge is 2.73. The van der Waals surface area contributed by atoms with Gasteiger partial charge in [0.1, 0.15) is 0 Å². The van der Waals surface area contributed by atoms with Crippen LogP contribution in [-0.4, -0.2) is 69.0 Å². The number of phenolic OH excluding ortho intramolecular Hbond substituents is 1. The minimum Gasteiger partial charge on any atom is -0.504 e. The highest BCUT2D eigenvalue weighted by molar-refractivity contribution is 5.90. The minimum absolute atomic E-state index is 0.0112. The minimum atomic E-state index is -5.08. The first-order valence-corrected chi connectivity index (χ1v) is 10.3. The van der Waals surface area contributed by atoms with Crippen molar-refractivity contribution in [1.29, 1.82) is 0 Å². The number of halogens is 3. The first-order chi connectivity index (χ1) is 16.5. The van der Waals surface area contributed by atoms with Crippen LogP contribution in [0.2, 0.25) is 0 Å². The van der Waals surface area contributed by atoms with Gasteiger partial charge in [0.25, 0.3) is 0 Å². The van der Waals surface area contributed by atoms with Gasteiger partial charge in [0, 0.05) is 30.1 Å². The van der Waals surface area contributed by atoms with Crippen molar-refractivity contribution in [2.45, 2.75) is 67.8 Å². The number of rotatable bonds is 2. The number of aromatic hydroxyl groups is 1. The van der Waals surface area contributed by atoms with Crippen LogP contribution in [-0.2, 0) is 21.4 Å². The summed E-state index contributed by atoms with van der Waals surface area (Å²) in [7, 11) is 0. The number of ketones is 1. The number of benzene rings is 1. The van der Waals surface area contributed by atoms with E-state index in [2.05, 4.69) is 0 Å². The standard InChI is InChI=1S/C20H23NO4.C2HF3O2/c22-13-4-3-12-9-15-20(24)6-5-14(23)18-19(20,16(12)17(13)25-18)7-8-21(15)10-11-1-2-11;3-2(4,5)1(6)7/h3-4,11,15,18,22,24H,1-2,5-10H2;(H,6,7)/t15-,18+,19+,20-;/m1./s1/i1D2,2D2;. The van der Waals surface area contributed by atoms with Gasteiger partial charge in [-0.1, -0.05) is 6.07 Å². The smallest absolute Gasteiger partial charge is 0.490 e. The number of piperidine rings is 1. The number of aliphatic hydroxyl groups is 1. The Morgan fingerprint density at radius 2 is 2.00 bits per heavy atom. The number of hydrogen-bond acceptors (Lipinski definition) is 6. The van der Waals surface area contributed by atoms with E-state index >= 15 is 0 Å². The molecule has 3 aliphatic carbocycles. The topological polar surface area (TPSA) is 107 Å². The van der Waals surface area contributed by atoms with Crippen molar-refractivity contribution in [3.05, 3.63) is 23.3 Å². The van der Waals surface area contributed by atoms with Crippen molar-refractivity contribution in [3.8, 4) is 11.5 Å². The Morgan fingerprint density at radius 1 is 1.31 bits per heavy atom. The van der Waals surface area contributed by atoms with E-state index in [1.165, 1.54) is 0 Å². The van der Waals surface area contributed by atoms with E-state index in [9.17, 15) is 28.2 Å². The number of Topliss-reactive ketones (excluding diaryl/α,β-unsaturated/α-hetero) is 1. The molecule has 0 aromatic heterocycles. The quantitative estimate of drug-likeness (QED) is 0.622. The van der Waals surface area contributed by atoms with Crippen molar-refractivity contribution >= 4 is 11.8 Å². The molecule has 7 nitrogen and oxygen atoms in total. The zero-order valence-electron chi connectivity index (χ0n) is 20.8. The second kappa shape index (κ2) is 6.84. The Morgan fingerprint density at radius 3 is 2.62 bits per heavy atom. The summed E-state index contributed by atoms with van der Waals surface area (Å²) >= 11 is 0. The largest absolute Gasteiger partial charge is 0.504 e. The Labute approximate surface area is 187 Å². The van der Waals surface area contributed by atoms with Crippen LogP contribution in [0, 0.1) is 5.92 Å². The van der Waals surface area contributed by atoms with Crippen molar-refractivity contribution in [3.63, 3.8) is 0 Å². The molecule has 6 rings (SSSR count). The van der Waals surface area contributed by atoms with Gasteiger partial charge in [-0.3, -0.25) is 9.69 Å². The van der Waals surface area contributed by atoms with E-state index < -0.39 is 47.9 Å². The van der Waals surface area contributed by atoms with Crippen molar-refractivity contribution in [2.24, 2.45) is 5.92 Å². The lowest BCUT2D eigenvalue weighted by Crippen LogP contribution is -2.76. The molecule has 10 heteroatoms. The molecule has 1 spiro atoms. The van der Waals surface area contributed by atoms with Crippen molar-refractivity contribution < 1.29 is 48.3 Å². The molecule has 2 saturated carbocycles. The molecule has 174 valence electrons. The third-order valence-corrected chi connectivity index (χ3v) is 7.38. The van der Waals surface area contributed by atoms with Gasteiger partial charge in [-0.2, -0.15) is 13.2 Å². The van der Waals surface area contributed by atoms with Gasteiger partial charge in [-0.25, -0.2) is 4.79 Å². The normalized spacial score (nSPS) is 39.8. The summed E-state index contributed by atoms with van der Waals surface area (Å²) in [6.45, 7) is 0.764. The molecule has 3 fully saturated rings. The molecule has 0 unspecified atom stereocenters. The van der Waals surface area contributed by atoms with Crippen molar-refractivity contribution in [2.75, 3.05) is 13.1 Å². The molecule has 5 aliphatic rings. The van der Waals surface area contributed by atoms with Gasteiger partial charge in [-0.05, 0) is 56.1 Å². The number of carboxylic acids is 1. The third-order valence-electron chi connectivity index (χ3n) is 7.38. The Bertz CT molecular complexity index is 1150. The van der Waals surface area contributed by atoms with E-state index in [1.807, 2.05) is 11.0 Å². The summed E-state index contributed by atoms with van der Waals surface area (Å²) in [5, 5.41) is 29.5. The molecule has 2 heterocycles. The second-order valence-corrected chi connectivity index (χ2v) is 8.92. The Hall–Kier alpha value is -2.33. The predicted molar refractivity (Wildman–Crippen MR) is 103 cm³/mol. The molecule has 1 aromatic rings. The lowest BCUT2D eigenvalue weighted by Gasteiger charge is -2.62. The number of nitrogens with zero attached hydrogens (tertiary/aromatic N) is 1. The zero-order valence-corrected chi connectivity index (χ0v) is 16.8. The molecule has 2 bridgehead atoms. The fraction of sp³-hybridized carbons (Fsp3) is 0.636. The number of likely N-dealkylation sites (tertiary alicyclic amines) is 1. The molecule has 0 radical (unpaired) electrons. The van der Waals surface area contributed by atoms with Crippen LogP contribution < -0.4 is 4.74 Å². The predicted octanol–water partition coefficient (Wildman–Crippen LogP) is 2.16. The molecule has 1 saturated heterocycles. The van der Waals surface area contributed by atoms with E-state index in [0.29, 0.717) is 31.6 Å². The van der Waals surface area contributed by atoms with Gasteiger partial charge in [-0.15, -0.1) is 0 Å². The summed E-state index contributed by atoms with van der Waals surface area (Å²) in [5.74, 6) is -3.23. The maximum absolute atomic E-state index is 12.8. The van der Waals surface area contributed by atoms with Crippen LogP contribution in [0.5, 0.6) is 11.5 Å². The first-order valence-electron chi connectivity index (χ1n) is 12.3. The SMILES string of the molecule is O=C(O)C(F)(F)F.[2H]C1([2H])C(CN2CC[C@]34c5c6ccc(O)c5O[C@H]3C(=O)CC[C@@]4(O)[C@H]2C6)C1([2H])[2H]. The third kappa shape index (κ3) is 2.88. The van der Waals surface area contributed by atoms with Gasteiger partial charge < -0.3 is 20.1 Å². The molecule has 2 aliphatic heterocycles. The van der Waals surface area contributed by atoms with Gasteiger partial charge in [0.15, 0.2) is 23.4 Å². The highest BCUT2D eigenvalue weighted by atomic mass is 19.4. The monoisotopic (exact) mass is 459 g/mol. The fourth-order valence-corrected chi connectivity index (χ4v) is 6.02. The summed E-state index contributed by atoms with van der Waals surface area (Å²) in [6.07, 6.45) is -8.17. The van der Waals surface area contributed by atoms with E-state index in [4.69, 9.17) is 20.1 Å². The van der Waals surface area contributed by atoms with Crippen LogP contribution >= 0.6 is 0 Å². The Balaban J connectivity index is 0.000000338. The lowest BCUT2D eigenvalue weighted by molar-refractivity contribution is -0.192. The van der Waals surface area contributed by atoms with Crippen LogP contribution in [0.4, 0.5) is 13.2 Å². The van der Waals surface area contributed by atoms with Crippen LogP contribution in [0.25, 0.3) is 0 Å². The molecule has 3 N–H and O–H groups in total. The average Bonchev–Trinajstić information content (AvgIpc) is 3.03. The maximum Gasteiger partial charge on any atom is 0.490 e. The molecule has 0 amide bonds. The lowest BCUT2D eigenvalue weighted by atomic mass is 9.49. The van der Waals surface area contributed by atoms with Gasteiger partial charge in [0.05, 0.1) is 11.0 Å². The molecule has 4 atom stereocenters. The fourth-order valence-electron chi connectivity index (χ4n) is 6.02. The molecule has 32 heavy (non-hydrogen) atoms. The number of hydrogen-bond donors (Lipinski definition) is 3. The van der Waals surface area contributed by atoms with Crippen molar-refractivity contribution in [1.82, 2.24) is 4.90 Å². The maximum atomic E-state index is 12.8. The molecular weight excluding hydrogens is 431 g/mol. The molecular formula is C22H24F3NO6. The number of phenols is 1. The van der Waals surface area contributed by atoms with Crippen LogP contribution in [0.1, 0.15) is 48.6 Å². The number of carbonyl (C=O) groups excluding carboxylic acids is 1. The zero-order chi connectivity index (χ0) is 26.6. The van der Waals surface area contributed by atoms with E-state index in [-0.39, 0.29) is 30.5 Å². The number of ether oxygens (including phenoxy) is 1. The van der Waals surface area contributed by atoms with Gasteiger partial charge >= 0.3 is 12.1 Å². The summed E-state index contributed by atoms with van der Waals surface area (Å²) in [4.78, 5) is 23.7. The van der Waals surface area contributed by atoms with Gasteiger partial charge in [0.2, 0.25) is 0 Å². The highest BCUT2D eigenvalue weighted by Crippen LogP contribution is 2.64.